The van der Waals surface area contributed by atoms with Crippen molar-refractivity contribution in [3.8, 4) is 0 Å². The average molecular weight is 374 g/mol. The number of carbonyl (C=O) groups is 2. The van der Waals surface area contributed by atoms with Gasteiger partial charge in [0.1, 0.15) is 5.60 Å². The first-order valence-electron chi connectivity index (χ1n) is 9.41. The van der Waals surface area contributed by atoms with Crippen molar-refractivity contribution in [1.82, 2.24) is 19.9 Å². The largest absolute Gasteiger partial charge is 0.360 e. The lowest BCUT2D eigenvalue weighted by Gasteiger charge is -2.34. The van der Waals surface area contributed by atoms with Crippen LogP contribution >= 0.6 is 0 Å². The Labute approximate surface area is 158 Å². The van der Waals surface area contributed by atoms with E-state index >= 15 is 0 Å². The number of rotatable bonds is 4. The molecule has 4 rings (SSSR count). The van der Waals surface area contributed by atoms with Gasteiger partial charge < -0.3 is 19.1 Å². The van der Waals surface area contributed by atoms with Crippen molar-refractivity contribution in [2.45, 2.75) is 57.9 Å². The van der Waals surface area contributed by atoms with Crippen LogP contribution in [0, 0.1) is 11.8 Å². The summed E-state index contributed by atoms with van der Waals surface area (Å²) in [6.45, 7) is 8.65. The van der Waals surface area contributed by atoms with E-state index in [1.807, 2.05) is 44.7 Å². The molecule has 0 unspecified atom stereocenters. The molecule has 0 aliphatic carbocycles. The summed E-state index contributed by atoms with van der Waals surface area (Å²) in [5.41, 5.74) is -0.999. The van der Waals surface area contributed by atoms with Gasteiger partial charge in [-0.3, -0.25) is 9.59 Å². The van der Waals surface area contributed by atoms with E-state index in [4.69, 9.17) is 9.26 Å². The topological polar surface area (TPSA) is 88.8 Å². The van der Waals surface area contributed by atoms with Crippen LogP contribution in [-0.4, -0.2) is 62.6 Å². The molecular weight excluding hydrogens is 348 g/mol. The second-order valence-electron chi connectivity index (χ2n) is 8.65. The first-order chi connectivity index (χ1) is 12.7. The number of fused-ring (bicyclic) bond motifs is 1. The van der Waals surface area contributed by atoms with E-state index in [0.717, 1.165) is 0 Å². The van der Waals surface area contributed by atoms with Gasteiger partial charge in [-0.1, -0.05) is 24.2 Å². The molecule has 1 aromatic heterocycles. The van der Waals surface area contributed by atoms with Gasteiger partial charge in [0.15, 0.2) is 5.82 Å². The van der Waals surface area contributed by atoms with Crippen molar-refractivity contribution in [2.75, 3.05) is 13.6 Å². The zero-order chi connectivity index (χ0) is 19.6. The number of carbonyl (C=O) groups excluding carboxylic acids is 2. The molecule has 4 heterocycles. The summed E-state index contributed by atoms with van der Waals surface area (Å²) < 4.78 is 11.4. The highest BCUT2D eigenvalue weighted by Gasteiger charge is 2.68. The monoisotopic (exact) mass is 374 g/mol. The number of hydrogen-bond acceptors (Lipinski definition) is 6. The first-order valence-corrected chi connectivity index (χ1v) is 9.41. The number of nitrogens with zero attached hydrogens (tertiary/aromatic N) is 4. The van der Waals surface area contributed by atoms with E-state index in [1.54, 1.807) is 11.9 Å². The molecule has 27 heavy (non-hydrogen) atoms. The number of aromatic nitrogens is 2. The van der Waals surface area contributed by atoms with Gasteiger partial charge >= 0.3 is 0 Å². The highest BCUT2D eigenvalue weighted by molar-refractivity contribution is 5.93. The second-order valence-corrected chi connectivity index (χ2v) is 8.65. The Hall–Kier alpha value is -2.22. The lowest BCUT2D eigenvalue weighted by molar-refractivity contribution is -0.144. The Morgan fingerprint density at radius 3 is 2.81 bits per heavy atom. The lowest BCUT2D eigenvalue weighted by atomic mass is 9.76. The molecule has 3 aliphatic rings. The molecule has 4 atom stereocenters. The summed E-state index contributed by atoms with van der Waals surface area (Å²) in [4.78, 5) is 34.0. The predicted molar refractivity (Wildman–Crippen MR) is 95.3 cm³/mol. The summed E-state index contributed by atoms with van der Waals surface area (Å²) in [5, 5.41) is 3.86. The van der Waals surface area contributed by atoms with Gasteiger partial charge in [-0.2, -0.15) is 4.98 Å². The van der Waals surface area contributed by atoms with Gasteiger partial charge in [-0.25, -0.2) is 0 Å². The molecular formula is C19H26N4O4. The van der Waals surface area contributed by atoms with Crippen molar-refractivity contribution < 1.29 is 18.8 Å². The standard InChI is InChI=1S/C19H26N4O4/c1-6-12-20-13(27-21-12)9-22(5)16(24)14-11-7-8-19(26-11)10-23(18(2,3)4)17(25)15(14)19/h7-8,11,14-15H,6,9-10H2,1-5H3/t11-,14+,15-,19-/m0/s1. The molecule has 0 saturated carbocycles. The quantitative estimate of drug-likeness (QED) is 0.735. The van der Waals surface area contributed by atoms with E-state index < -0.39 is 17.4 Å². The maximum atomic E-state index is 13.2. The highest BCUT2D eigenvalue weighted by Crippen LogP contribution is 2.53. The molecule has 0 aromatic carbocycles. The van der Waals surface area contributed by atoms with Gasteiger partial charge in [0, 0.05) is 19.0 Å². The molecule has 0 N–H and O–H groups in total. The van der Waals surface area contributed by atoms with E-state index in [-0.39, 0.29) is 30.0 Å². The summed E-state index contributed by atoms with van der Waals surface area (Å²) in [5.74, 6) is -0.124. The van der Waals surface area contributed by atoms with Gasteiger partial charge in [0.25, 0.3) is 0 Å². The van der Waals surface area contributed by atoms with Crippen LogP contribution in [0.5, 0.6) is 0 Å². The Morgan fingerprint density at radius 2 is 2.19 bits per heavy atom. The minimum atomic E-state index is -0.684. The Morgan fingerprint density at radius 1 is 1.44 bits per heavy atom. The fraction of sp³-hybridized carbons (Fsp3) is 0.684. The molecule has 2 amide bonds. The summed E-state index contributed by atoms with van der Waals surface area (Å²) in [7, 11) is 1.70. The van der Waals surface area contributed by atoms with Crippen molar-refractivity contribution in [3.63, 3.8) is 0 Å². The normalized spacial score (nSPS) is 31.7. The number of hydrogen-bond donors (Lipinski definition) is 0. The van der Waals surface area contributed by atoms with Crippen LogP contribution in [0.3, 0.4) is 0 Å². The van der Waals surface area contributed by atoms with Crippen LogP contribution in [0.15, 0.2) is 16.7 Å². The lowest BCUT2D eigenvalue weighted by Crippen LogP contribution is -2.47. The average Bonchev–Trinajstić information content (AvgIpc) is 3.34. The fourth-order valence-corrected chi connectivity index (χ4v) is 4.38. The molecule has 146 valence electrons. The number of amides is 2. The molecule has 0 radical (unpaired) electrons. The Kier molecular flexibility index (Phi) is 3.96. The number of ether oxygens (including phenoxy) is 1. The molecule has 1 spiro atoms. The predicted octanol–water partition coefficient (Wildman–Crippen LogP) is 1.17. The molecule has 2 saturated heterocycles. The minimum absolute atomic E-state index is 0.00726. The maximum Gasteiger partial charge on any atom is 0.246 e. The Bertz CT molecular complexity index is 811. The fourth-order valence-electron chi connectivity index (χ4n) is 4.38. The SMILES string of the molecule is CCc1noc(CN(C)C(=O)[C@@H]2[C@@H]3C=C[C@@]4(CN(C(C)(C)C)C(=O)[C@H]24)O3)n1. The van der Waals surface area contributed by atoms with Crippen molar-refractivity contribution in [2.24, 2.45) is 11.8 Å². The molecule has 2 bridgehead atoms. The van der Waals surface area contributed by atoms with Gasteiger partial charge in [0.2, 0.25) is 17.7 Å². The third kappa shape index (κ3) is 2.69. The third-order valence-electron chi connectivity index (χ3n) is 5.77. The van der Waals surface area contributed by atoms with Crippen molar-refractivity contribution in [1.29, 1.82) is 0 Å². The van der Waals surface area contributed by atoms with Crippen LogP contribution < -0.4 is 0 Å². The Balaban J connectivity index is 1.56. The summed E-state index contributed by atoms with van der Waals surface area (Å²) >= 11 is 0. The molecule has 1 aromatic rings. The minimum Gasteiger partial charge on any atom is -0.360 e. The molecule has 2 fully saturated rings. The number of aryl methyl sites for hydroxylation is 1. The summed E-state index contributed by atoms with van der Waals surface area (Å²) in [6, 6.07) is 0. The van der Waals surface area contributed by atoms with E-state index in [1.165, 1.54) is 0 Å². The number of likely N-dealkylation sites (tertiary alicyclic amines) is 1. The van der Waals surface area contributed by atoms with Gasteiger partial charge in [0.05, 0.1) is 31.0 Å². The van der Waals surface area contributed by atoms with Crippen LogP contribution in [0.4, 0.5) is 0 Å². The third-order valence-corrected chi connectivity index (χ3v) is 5.77. The van der Waals surface area contributed by atoms with E-state index in [0.29, 0.717) is 24.7 Å². The zero-order valence-corrected chi connectivity index (χ0v) is 16.4. The van der Waals surface area contributed by atoms with Crippen LogP contribution in [-0.2, 0) is 27.3 Å². The molecule has 3 aliphatic heterocycles. The summed E-state index contributed by atoms with van der Waals surface area (Å²) in [6.07, 6.45) is 4.21. The first kappa shape index (κ1) is 18.2. The maximum absolute atomic E-state index is 13.2. The highest BCUT2D eigenvalue weighted by atomic mass is 16.5. The van der Waals surface area contributed by atoms with Crippen LogP contribution in [0.1, 0.15) is 39.4 Å². The van der Waals surface area contributed by atoms with E-state index in [2.05, 4.69) is 10.1 Å². The van der Waals surface area contributed by atoms with Crippen LogP contribution in [0.25, 0.3) is 0 Å². The molecule has 8 nitrogen and oxygen atoms in total. The second kappa shape index (κ2) is 5.89. The smallest absolute Gasteiger partial charge is 0.246 e. The van der Waals surface area contributed by atoms with Crippen molar-refractivity contribution >= 4 is 11.8 Å². The van der Waals surface area contributed by atoms with Gasteiger partial charge in [-0.05, 0) is 20.8 Å². The van der Waals surface area contributed by atoms with E-state index in [9.17, 15) is 9.59 Å². The van der Waals surface area contributed by atoms with Crippen LogP contribution in [0.2, 0.25) is 0 Å². The van der Waals surface area contributed by atoms with Gasteiger partial charge in [-0.15, -0.1) is 0 Å². The van der Waals surface area contributed by atoms with Crippen molar-refractivity contribution in [3.05, 3.63) is 23.9 Å². The zero-order valence-electron chi connectivity index (χ0n) is 16.4. The molecule has 8 heteroatoms.